The van der Waals surface area contributed by atoms with Crippen LogP contribution in [0.1, 0.15) is 27.7 Å². The van der Waals surface area contributed by atoms with Crippen molar-refractivity contribution in [3.8, 4) is 0 Å². The highest BCUT2D eigenvalue weighted by molar-refractivity contribution is 5.51. The van der Waals surface area contributed by atoms with Crippen LogP contribution in [-0.2, 0) is 9.59 Å². The molecule has 2 amide bonds. The van der Waals surface area contributed by atoms with Crippen molar-refractivity contribution in [1.82, 2.24) is 10.6 Å². The lowest BCUT2D eigenvalue weighted by molar-refractivity contribution is -0.115. The number of rotatable bonds is 5. The normalized spacial score (nSPS) is 12.0. The summed E-state index contributed by atoms with van der Waals surface area (Å²) in [5.41, 5.74) is -0.925. The highest BCUT2D eigenvalue weighted by Gasteiger charge is 2.36. The zero-order valence-electron chi connectivity index (χ0n) is 7.97. The molecule has 0 spiro atoms. The van der Waals surface area contributed by atoms with Crippen LogP contribution >= 0.6 is 0 Å². The van der Waals surface area contributed by atoms with Gasteiger partial charge in [0.2, 0.25) is 12.8 Å². The van der Waals surface area contributed by atoms with Gasteiger partial charge >= 0.3 is 0 Å². The Hall–Kier alpha value is -1.06. The van der Waals surface area contributed by atoms with Gasteiger partial charge in [0.1, 0.15) is 0 Å². The van der Waals surface area contributed by atoms with Gasteiger partial charge in [0.05, 0.1) is 11.1 Å². The number of hydrogen-bond donors (Lipinski definition) is 2. The van der Waals surface area contributed by atoms with Crippen molar-refractivity contribution in [2.45, 2.75) is 38.8 Å². The third-order valence-corrected chi connectivity index (χ3v) is 2.40. The number of hydrogen-bond acceptors (Lipinski definition) is 2. The highest BCUT2D eigenvalue weighted by atomic mass is 16.1. The van der Waals surface area contributed by atoms with Crippen LogP contribution in [-0.4, -0.2) is 23.9 Å². The molecular weight excluding hydrogens is 156 g/mol. The van der Waals surface area contributed by atoms with Crippen LogP contribution in [0.4, 0.5) is 0 Å². The molecule has 0 aromatic heterocycles. The summed E-state index contributed by atoms with van der Waals surface area (Å²) < 4.78 is 0. The van der Waals surface area contributed by atoms with Gasteiger partial charge in [-0.05, 0) is 27.7 Å². The fourth-order valence-corrected chi connectivity index (χ4v) is 0.655. The van der Waals surface area contributed by atoms with Gasteiger partial charge < -0.3 is 10.6 Å². The second kappa shape index (κ2) is 3.56. The minimum Gasteiger partial charge on any atom is -0.351 e. The van der Waals surface area contributed by atoms with E-state index in [1.54, 1.807) is 0 Å². The van der Waals surface area contributed by atoms with Crippen molar-refractivity contribution >= 4 is 12.8 Å². The topological polar surface area (TPSA) is 58.2 Å². The Morgan fingerprint density at radius 2 is 1.08 bits per heavy atom. The van der Waals surface area contributed by atoms with Crippen molar-refractivity contribution in [2.24, 2.45) is 0 Å². The fraction of sp³-hybridized carbons (Fsp3) is 0.750. The first kappa shape index (κ1) is 10.9. The molecule has 2 N–H and O–H groups in total. The molecule has 0 unspecified atom stereocenters. The van der Waals surface area contributed by atoms with Crippen LogP contribution in [0, 0.1) is 0 Å². The molecule has 0 radical (unpaired) electrons. The summed E-state index contributed by atoms with van der Waals surface area (Å²) in [7, 11) is 0. The van der Waals surface area contributed by atoms with Crippen LogP contribution in [0.15, 0.2) is 0 Å². The SMILES string of the molecule is CC(C)(NC=O)C(C)(C)NC=O. The lowest BCUT2D eigenvalue weighted by atomic mass is 9.83. The third kappa shape index (κ3) is 2.22. The molecule has 0 aromatic rings. The quantitative estimate of drug-likeness (QED) is 0.575. The molecule has 4 heteroatoms. The summed E-state index contributed by atoms with van der Waals surface area (Å²) in [6.45, 7) is 7.38. The maximum Gasteiger partial charge on any atom is 0.207 e. The molecule has 0 atom stereocenters. The maximum atomic E-state index is 10.2. The first-order valence-electron chi connectivity index (χ1n) is 3.80. The van der Waals surface area contributed by atoms with Crippen LogP contribution in [0.5, 0.6) is 0 Å². The molecule has 0 saturated carbocycles. The van der Waals surface area contributed by atoms with Gasteiger partial charge in [0.15, 0.2) is 0 Å². The number of amides is 2. The Kier molecular flexibility index (Phi) is 3.24. The van der Waals surface area contributed by atoms with E-state index in [0.29, 0.717) is 12.8 Å². The van der Waals surface area contributed by atoms with E-state index in [1.807, 2.05) is 27.7 Å². The number of carbonyl (C=O) groups excluding carboxylic acids is 2. The molecule has 0 aliphatic heterocycles. The molecule has 4 nitrogen and oxygen atoms in total. The van der Waals surface area contributed by atoms with Gasteiger partial charge in [-0.1, -0.05) is 0 Å². The molecule has 12 heavy (non-hydrogen) atoms. The Balaban J connectivity index is 4.48. The molecule has 0 aromatic carbocycles. The minimum atomic E-state index is -0.463. The monoisotopic (exact) mass is 172 g/mol. The zero-order chi connectivity index (χ0) is 9.83. The molecule has 0 bridgehead atoms. The van der Waals surface area contributed by atoms with E-state index >= 15 is 0 Å². The average Bonchev–Trinajstić information content (AvgIpc) is 1.86. The van der Waals surface area contributed by atoms with Crippen molar-refractivity contribution in [3.63, 3.8) is 0 Å². The Morgan fingerprint density at radius 1 is 0.833 bits per heavy atom. The van der Waals surface area contributed by atoms with Crippen LogP contribution in [0.3, 0.4) is 0 Å². The van der Waals surface area contributed by atoms with Crippen molar-refractivity contribution < 1.29 is 9.59 Å². The average molecular weight is 172 g/mol. The molecular formula is C8H16N2O2. The lowest BCUT2D eigenvalue weighted by Gasteiger charge is -2.40. The molecule has 0 fully saturated rings. The summed E-state index contributed by atoms with van der Waals surface area (Å²) in [4.78, 5) is 20.5. The third-order valence-electron chi connectivity index (χ3n) is 2.40. The second-order valence-corrected chi connectivity index (χ2v) is 3.77. The van der Waals surface area contributed by atoms with Gasteiger partial charge in [0, 0.05) is 0 Å². The number of nitrogens with one attached hydrogen (secondary N) is 2. The Bertz CT molecular complexity index is 156. The molecule has 0 saturated heterocycles. The van der Waals surface area contributed by atoms with Crippen LogP contribution in [0.25, 0.3) is 0 Å². The zero-order valence-corrected chi connectivity index (χ0v) is 7.97. The highest BCUT2D eigenvalue weighted by Crippen LogP contribution is 2.19. The van der Waals surface area contributed by atoms with Gasteiger partial charge in [-0.15, -0.1) is 0 Å². The first-order chi connectivity index (χ1) is 5.37. The minimum absolute atomic E-state index is 0.463. The summed E-state index contributed by atoms with van der Waals surface area (Å²) in [6.07, 6.45) is 1.27. The molecule has 70 valence electrons. The van der Waals surface area contributed by atoms with E-state index < -0.39 is 11.1 Å². The van der Waals surface area contributed by atoms with Gasteiger partial charge in [-0.25, -0.2) is 0 Å². The predicted octanol–water partition coefficient (Wildman–Crippen LogP) is 0.0356. The van der Waals surface area contributed by atoms with E-state index in [9.17, 15) is 9.59 Å². The van der Waals surface area contributed by atoms with Crippen molar-refractivity contribution in [3.05, 3.63) is 0 Å². The second-order valence-electron chi connectivity index (χ2n) is 3.77. The fourth-order valence-electron chi connectivity index (χ4n) is 0.655. The van der Waals surface area contributed by atoms with Gasteiger partial charge in [-0.3, -0.25) is 9.59 Å². The molecule has 0 aliphatic carbocycles. The predicted molar refractivity (Wildman–Crippen MR) is 46.6 cm³/mol. The van der Waals surface area contributed by atoms with E-state index in [2.05, 4.69) is 10.6 Å². The van der Waals surface area contributed by atoms with Crippen LogP contribution in [0.2, 0.25) is 0 Å². The largest absolute Gasteiger partial charge is 0.351 e. The van der Waals surface area contributed by atoms with Gasteiger partial charge in [0.25, 0.3) is 0 Å². The van der Waals surface area contributed by atoms with Crippen molar-refractivity contribution in [1.29, 1.82) is 0 Å². The Morgan fingerprint density at radius 3 is 1.25 bits per heavy atom. The summed E-state index contributed by atoms with van der Waals surface area (Å²) in [5, 5.41) is 5.29. The number of carbonyl (C=O) groups is 2. The summed E-state index contributed by atoms with van der Waals surface area (Å²) >= 11 is 0. The van der Waals surface area contributed by atoms with Crippen LogP contribution < -0.4 is 10.6 Å². The molecule has 0 aliphatic rings. The van der Waals surface area contributed by atoms with E-state index in [1.165, 1.54) is 0 Å². The van der Waals surface area contributed by atoms with E-state index in [0.717, 1.165) is 0 Å². The summed E-state index contributed by atoms with van der Waals surface area (Å²) in [6, 6.07) is 0. The smallest absolute Gasteiger partial charge is 0.207 e. The lowest BCUT2D eigenvalue weighted by Crippen LogP contribution is -2.62. The Labute approximate surface area is 72.7 Å². The molecule has 0 heterocycles. The van der Waals surface area contributed by atoms with E-state index in [-0.39, 0.29) is 0 Å². The summed E-state index contributed by atoms with van der Waals surface area (Å²) in [5.74, 6) is 0. The maximum absolute atomic E-state index is 10.2. The molecule has 0 rings (SSSR count). The van der Waals surface area contributed by atoms with Gasteiger partial charge in [-0.2, -0.15) is 0 Å². The van der Waals surface area contributed by atoms with Crippen molar-refractivity contribution in [2.75, 3.05) is 0 Å². The first-order valence-corrected chi connectivity index (χ1v) is 3.80. The van der Waals surface area contributed by atoms with E-state index in [4.69, 9.17) is 0 Å². The standard InChI is InChI=1S/C8H16N2O2/c1-7(2,9-5-11)8(3,4)10-6-12/h5-6H,1-4H3,(H,9,11)(H,10,12).